The van der Waals surface area contributed by atoms with Gasteiger partial charge in [0.25, 0.3) is 0 Å². The van der Waals surface area contributed by atoms with Gasteiger partial charge in [0.15, 0.2) is 5.82 Å². The van der Waals surface area contributed by atoms with Gasteiger partial charge >= 0.3 is 6.18 Å². The lowest BCUT2D eigenvalue weighted by Crippen LogP contribution is -2.20. The van der Waals surface area contributed by atoms with E-state index in [9.17, 15) is 13.2 Å². The molecule has 0 amide bonds. The molecular weight excluding hydrogens is 311 g/mol. The number of hydrogen-bond acceptors (Lipinski definition) is 5. The van der Waals surface area contributed by atoms with E-state index >= 15 is 0 Å². The van der Waals surface area contributed by atoms with Crippen molar-refractivity contribution in [3.05, 3.63) is 35.5 Å². The molecule has 3 rings (SSSR count). The van der Waals surface area contributed by atoms with Crippen molar-refractivity contribution in [3.8, 4) is 0 Å². The summed E-state index contributed by atoms with van der Waals surface area (Å²) in [5.41, 5.74) is -0.390. The average molecular weight is 327 g/mol. The number of aromatic nitrogens is 4. The number of ether oxygens (including phenoxy) is 1. The molecule has 124 valence electrons. The number of aryl methyl sites for hydroxylation is 1. The minimum Gasteiger partial charge on any atom is -0.370 e. The zero-order chi connectivity index (χ0) is 16.4. The van der Waals surface area contributed by atoms with Crippen molar-refractivity contribution in [2.45, 2.75) is 25.6 Å². The van der Waals surface area contributed by atoms with Crippen molar-refractivity contribution in [1.29, 1.82) is 0 Å². The molecule has 2 atom stereocenters. The van der Waals surface area contributed by atoms with Gasteiger partial charge in [0, 0.05) is 24.8 Å². The first kappa shape index (κ1) is 15.7. The minimum atomic E-state index is -4.39. The highest BCUT2D eigenvalue weighted by atomic mass is 19.4. The number of pyridine rings is 1. The Balaban J connectivity index is 1.69. The van der Waals surface area contributed by atoms with E-state index in [1.165, 1.54) is 13.3 Å². The zero-order valence-corrected chi connectivity index (χ0v) is 12.4. The van der Waals surface area contributed by atoms with Crippen LogP contribution in [0.2, 0.25) is 0 Å². The van der Waals surface area contributed by atoms with Crippen LogP contribution in [-0.4, -0.2) is 33.3 Å². The Hall–Kier alpha value is -2.16. The summed E-state index contributed by atoms with van der Waals surface area (Å²) in [7, 11) is 0. The molecule has 2 N–H and O–H groups in total. The number of nitrogens with one attached hydrogen (secondary N) is 2. The second-order valence-electron chi connectivity index (χ2n) is 5.47. The Kier molecular flexibility index (Phi) is 4.20. The predicted octanol–water partition coefficient (Wildman–Crippen LogP) is 2.72. The molecular formula is C14H16F3N5O. The zero-order valence-electron chi connectivity index (χ0n) is 12.4. The van der Waals surface area contributed by atoms with E-state index in [4.69, 9.17) is 4.74 Å². The van der Waals surface area contributed by atoms with E-state index in [1.807, 2.05) is 0 Å². The number of nitrogens with zero attached hydrogens (tertiary/aromatic N) is 3. The fourth-order valence-electron chi connectivity index (χ4n) is 2.66. The molecule has 1 aliphatic heterocycles. The molecule has 2 aromatic rings. The molecule has 0 unspecified atom stereocenters. The molecule has 3 heterocycles. The van der Waals surface area contributed by atoms with Gasteiger partial charge < -0.3 is 10.1 Å². The van der Waals surface area contributed by atoms with Crippen molar-refractivity contribution in [2.75, 3.05) is 18.5 Å². The Labute approximate surface area is 130 Å². The number of hydrogen-bond donors (Lipinski definition) is 2. The predicted molar refractivity (Wildman–Crippen MR) is 75.6 cm³/mol. The normalized spacial score (nSPS) is 21.6. The summed E-state index contributed by atoms with van der Waals surface area (Å²) in [6.07, 6.45) is -2.43. The van der Waals surface area contributed by atoms with E-state index in [2.05, 4.69) is 25.5 Å². The minimum absolute atomic E-state index is 0.0830. The highest BCUT2D eigenvalue weighted by Gasteiger charge is 2.33. The van der Waals surface area contributed by atoms with Crippen LogP contribution in [0.25, 0.3) is 0 Å². The number of alkyl halides is 3. The molecule has 0 spiro atoms. The lowest BCUT2D eigenvalue weighted by atomic mass is 10.0. The Bertz CT molecular complexity index is 659. The lowest BCUT2D eigenvalue weighted by molar-refractivity contribution is -0.137. The van der Waals surface area contributed by atoms with Gasteiger partial charge in [0.1, 0.15) is 18.2 Å². The largest absolute Gasteiger partial charge is 0.416 e. The molecule has 2 aromatic heterocycles. The summed E-state index contributed by atoms with van der Waals surface area (Å²) < 4.78 is 44.2. The van der Waals surface area contributed by atoms with Gasteiger partial charge in [0.05, 0.1) is 5.56 Å². The van der Waals surface area contributed by atoms with E-state index < -0.39 is 11.7 Å². The van der Waals surface area contributed by atoms with Crippen LogP contribution in [0.5, 0.6) is 0 Å². The number of aromatic amines is 1. The first-order chi connectivity index (χ1) is 10.9. The van der Waals surface area contributed by atoms with Crippen LogP contribution in [0.4, 0.5) is 19.0 Å². The molecule has 0 bridgehead atoms. The van der Waals surface area contributed by atoms with Crippen LogP contribution in [0, 0.1) is 12.8 Å². The van der Waals surface area contributed by atoms with Crippen LogP contribution < -0.4 is 5.32 Å². The fraction of sp³-hybridized carbons (Fsp3) is 0.500. The first-order valence-electron chi connectivity index (χ1n) is 7.20. The third-order valence-corrected chi connectivity index (χ3v) is 3.74. The molecule has 0 radical (unpaired) electrons. The van der Waals surface area contributed by atoms with Gasteiger partial charge in [-0.25, -0.2) is 9.97 Å². The van der Waals surface area contributed by atoms with E-state index in [1.54, 1.807) is 0 Å². The van der Waals surface area contributed by atoms with Crippen molar-refractivity contribution >= 4 is 5.82 Å². The van der Waals surface area contributed by atoms with E-state index in [0.717, 1.165) is 18.6 Å². The van der Waals surface area contributed by atoms with Crippen LogP contribution in [0.3, 0.4) is 0 Å². The maximum Gasteiger partial charge on any atom is 0.416 e. The van der Waals surface area contributed by atoms with Gasteiger partial charge in [0.2, 0.25) is 0 Å². The molecule has 0 aliphatic carbocycles. The van der Waals surface area contributed by atoms with Crippen LogP contribution in [-0.2, 0) is 10.9 Å². The molecule has 6 nitrogen and oxygen atoms in total. The molecule has 1 aliphatic rings. The lowest BCUT2D eigenvalue weighted by Gasteiger charge is -2.18. The maximum absolute atomic E-state index is 12.8. The number of rotatable bonds is 4. The molecule has 23 heavy (non-hydrogen) atoms. The van der Waals surface area contributed by atoms with Crippen molar-refractivity contribution in [1.82, 2.24) is 20.2 Å². The van der Waals surface area contributed by atoms with Gasteiger partial charge in [-0.05, 0) is 25.5 Å². The number of halogens is 3. The van der Waals surface area contributed by atoms with Crippen LogP contribution in [0.15, 0.2) is 18.5 Å². The summed E-state index contributed by atoms with van der Waals surface area (Å²) in [4.78, 5) is 8.19. The second kappa shape index (κ2) is 6.15. The topological polar surface area (TPSA) is 75.7 Å². The fourth-order valence-corrected chi connectivity index (χ4v) is 2.66. The summed E-state index contributed by atoms with van der Waals surface area (Å²) in [6.45, 7) is 2.56. The first-order valence-corrected chi connectivity index (χ1v) is 7.20. The monoisotopic (exact) mass is 327 g/mol. The second-order valence-corrected chi connectivity index (χ2v) is 5.47. The maximum atomic E-state index is 12.8. The summed E-state index contributed by atoms with van der Waals surface area (Å²) in [5, 5.41) is 9.54. The highest BCUT2D eigenvalue weighted by Crippen LogP contribution is 2.33. The van der Waals surface area contributed by atoms with Crippen molar-refractivity contribution in [2.24, 2.45) is 5.92 Å². The SMILES string of the molecule is Cc1cc(C(F)(F)F)cc(NC[C@@H]2CCO[C@@H]2c2ncn[nH]2)n1. The third-order valence-electron chi connectivity index (χ3n) is 3.74. The van der Waals surface area contributed by atoms with E-state index in [-0.39, 0.29) is 17.8 Å². The van der Waals surface area contributed by atoms with Gasteiger partial charge in [-0.1, -0.05) is 0 Å². The summed E-state index contributed by atoms with van der Waals surface area (Å²) in [6, 6.07) is 2.05. The van der Waals surface area contributed by atoms with Gasteiger partial charge in [-0.3, -0.25) is 5.10 Å². The van der Waals surface area contributed by atoms with Gasteiger partial charge in [-0.2, -0.15) is 18.3 Å². The van der Waals surface area contributed by atoms with Gasteiger partial charge in [-0.15, -0.1) is 0 Å². The number of H-pyrrole nitrogens is 1. The third kappa shape index (κ3) is 3.61. The molecule has 1 fully saturated rings. The Morgan fingerprint density at radius 1 is 1.39 bits per heavy atom. The van der Waals surface area contributed by atoms with Crippen LogP contribution in [0.1, 0.15) is 29.6 Å². The standard InChI is InChI=1S/C14H16F3N5O/c1-8-4-10(14(15,16)17)5-11(21-8)18-6-9-2-3-23-12(9)13-19-7-20-22-13/h4-5,7,9,12H,2-3,6H2,1H3,(H,18,21)(H,19,20,22)/t9-,12-/m0/s1. The molecule has 1 saturated heterocycles. The number of anilines is 1. The van der Waals surface area contributed by atoms with Crippen molar-refractivity contribution in [3.63, 3.8) is 0 Å². The Morgan fingerprint density at radius 3 is 2.91 bits per heavy atom. The molecule has 0 saturated carbocycles. The van der Waals surface area contributed by atoms with E-state index in [0.29, 0.717) is 24.7 Å². The average Bonchev–Trinajstić information content (AvgIpc) is 3.14. The summed E-state index contributed by atoms with van der Waals surface area (Å²) >= 11 is 0. The highest BCUT2D eigenvalue weighted by molar-refractivity contribution is 5.40. The summed E-state index contributed by atoms with van der Waals surface area (Å²) in [5.74, 6) is 0.919. The smallest absolute Gasteiger partial charge is 0.370 e. The van der Waals surface area contributed by atoms with Crippen molar-refractivity contribution < 1.29 is 17.9 Å². The Morgan fingerprint density at radius 2 is 2.22 bits per heavy atom. The quantitative estimate of drug-likeness (QED) is 0.903. The molecule has 9 heteroatoms. The molecule has 0 aromatic carbocycles. The van der Waals surface area contributed by atoms with Crippen LogP contribution >= 0.6 is 0 Å².